The molecule has 5 rings (SSSR count). The average Bonchev–Trinajstić information content (AvgIpc) is 3.65. The molecule has 0 bridgehead atoms. The zero-order chi connectivity index (χ0) is 27.2. The highest BCUT2D eigenvalue weighted by Gasteiger charge is 2.25. The molecule has 0 unspecified atom stereocenters. The van der Waals surface area contributed by atoms with Crippen LogP contribution in [-0.4, -0.2) is 27.8 Å². The van der Waals surface area contributed by atoms with Gasteiger partial charge in [-0.25, -0.2) is 4.79 Å². The molecule has 0 aliphatic carbocycles. The second-order valence-electron chi connectivity index (χ2n) is 9.30. The summed E-state index contributed by atoms with van der Waals surface area (Å²) < 4.78 is 5.98. The van der Waals surface area contributed by atoms with Gasteiger partial charge in [0.15, 0.2) is 0 Å². The van der Waals surface area contributed by atoms with Crippen molar-refractivity contribution in [1.29, 1.82) is 5.26 Å². The fraction of sp³-hybridized carbons (Fsp3) is 0.267. The summed E-state index contributed by atoms with van der Waals surface area (Å²) >= 11 is 3.17. The van der Waals surface area contributed by atoms with Crippen molar-refractivity contribution in [2.24, 2.45) is 0 Å². The molecule has 9 heteroatoms. The zero-order valence-corrected chi connectivity index (χ0v) is 23.2. The Labute approximate surface area is 235 Å². The molecule has 39 heavy (non-hydrogen) atoms. The van der Waals surface area contributed by atoms with Gasteiger partial charge in [-0.1, -0.05) is 62.9 Å². The monoisotopic (exact) mass is 556 g/mol. The third-order valence-electron chi connectivity index (χ3n) is 6.55. The second kappa shape index (κ2) is 12.3. The zero-order valence-electron chi connectivity index (χ0n) is 21.6. The molecule has 7 nitrogen and oxygen atoms in total. The van der Waals surface area contributed by atoms with E-state index in [0.29, 0.717) is 17.3 Å². The van der Waals surface area contributed by atoms with E-state index in [2.05, 4.69) is 34.2 Å². The molecule has 0 fully saturated rings. The number of fused-ring (bicyclic) bond motifs is 2. The lowest BCUT2D eigenvalue weighted by Crippen LogP contribution is -2.22. The summed E-state index contributed by atoms with van der Waals surface area (Å²) in [4.78, 5) is 16.7. The van der Waals surface area contributed by atoms with E-state index in [9.17, 15) is 15.2 Å². The van der Waals surface area contributed by atoms with Gasteiger partial charge >= 0.3 is 5.97 Å². The van der Waals surface area contributed by atoms with Gasteiger partial charge < -0.3 is 14.4 Å². The molecule has 2 aromatic carbocycles. The highest BCUT2D eigenvalue weighted by atomic mass is 32.2. The summed E-state index contributed by atoms with van der Waals surface area (Å²) in [7, 11) is 0. The van der Waals surface area contributed by atoms with E-state index in [-0.39, 0.29) is 5.57 Å². The Balaban J connectivity index is 1.46. The lowest BCUT2D eigenvalue weighted by atomic mass is 10.1. The number of nitriles is 1. The van der Waals surface area contributed by atoms with Gasteiger partial charge in [0.2, 0.25) is 5.89 Å². The topological polar surface area (TPSA) is 103 Å². The second-order valence-corrected chi connectivity index (χ2v) is 11.3. The quantitative estimate of drug-likeness (QED) is 0.112. The highest BCUT2D eigenvalue weighted by Crippen LogP contribution is 2.49. The van der Waals surface area contributed by atoms with Crippen LogP contribution in [0.25, 0.3) is 28.3 Å². The maximum atomic E-state index is 11.4. The van der Waals surface area contributed by atoms with Crippen LogP contribution in [0.2, 0.25) is 0 Å². The first kappa shape index (κ1) is 26.7. The molecule has 0 saturated heterocycles. The van der Waals surface area contributed by atoms with Crippen LogP contribution in [0, 0.1) is 11.3 Å². The highest BCUT2D eigenvalue weighted by molar-refractivity contribution is 7.99. The number of anilines is 2. The predicted octanol–water partition coefficient (Wildman–Crippen LogP) is 8.42. The smallest absolute Gasteiger partial charge is 0.346 e. The van der Waals surface area contributed by atoms with E-state index in [1.165, 1.54) is 38.2 Å². The van der Waals surface area contributed by atoms with Crippen molar-refractivity contribution >= 4 is 46.5 Å². The normalized spacial score (nSPS) is 12.6. The molecule has 2 aromatic heterocycles. The molecule has 198 valence electrons. The van der Waals surface area contributed by atoms with Gasteiger partial charge in [-0.3, -0.25) is 0 Å². The number of carboxylic acids is 1. The van der Waals surface area contributed by atoms with Crippen molar-refractivity contribution in [3.8, 4) is 28.3 Å². The third kappa shape index (κ3) is 6.08. The van der Waals surface area contributed by atoms with Crippen LogP contribution in [0.4, 0.5) is 11.4 Å². The van der Waals surface area contributed by atoms with Crippen molar-refractivity contribution in [2.75, 3.05) is 11.4 Å². The van der Waals surface area contributed by atoms with Crippen LogP contribution in [-0.2, 0) is 4.79 Å². The fourth-order valence-electron chi connectivity index (χ4n) is 4.56. The Bertz CT molecular complexity index is 1540. The van der Waals surface area contributed by atoms with E-state index in [0.717, 1.165) is 44.6 Å². The van der Waals surface area contributed by atoms with Gasteiger partial charge in [-0.2, -0.15) is 5.26 Å². The Morgan fingerprint density at radius 3 is 2.51 bits per heavy atom. The molecule has 4 aromatic rings. The number of rotatable bonds is 11. The number of benzene rings is 2. The maximum absolute atomic E-state index is 11.4. The first-order valence-corrected chi connectivity index (χ1v) is 14.7. The number of hydrogen-bond acceptors (Lipinski definition) is 8. The van der Waals surface area contributed by atoms with Crippen molar-refractivity contribution in [2.45, 2.75) is 55.2 Å². The molecule has 1 N–H and O–H groups in total. The fourth-order valence-corrected chi connectivity index (χ4v) is 6.39. The maximum Gasteiger partial charge on any atom is 0.346 e. The minimum absolute atomic E-state index is 0.291. The molecular weight excluding hydrogens is 528 g/mol. The number of unbranched alkanes of at least 4 members (excludes halogenated alkanes) is 5. The Kier molecular flexibility index (Phi) is 8.45. The Hall–Kier alpha value is -3.87. The number of carboxylic acid groups (broad SMARTS) is 1. The third-order valence-corrected chi connectivity index (χ3v) is 8.50. The van der Waals surface area contributed by atoms with Crippen molar-refractivity contribution in [1.82, 2.24) is 10.2 Å². The molecule has 0 saturated carbocycles. The number of aromatic nitrogens is 2. The van der Waals surface area contributed by atoms with Crippen LogP contribution >= 0.6 is 23.1 Å². The summed E-state index contributed by atoms with van der Waals surface area (Å²) in [6.07, 6.45) is 8.66. The van der Waals surface area contributed by atoms with Crippen LogP contribution in [0.1, 0.15) is 51.0 Å². The molecule has 0 atom stereocenters. The molecule has 0 amide bonds. The number of nitrogens with zero attached hydrogens (tertiary/aromatic N) is 4. The SMILES string of the molecule is CCCCCCCCN1c2ccc(C=C(C#N)C(=O)O)cc2Sc2cc(-c3nnc(-c4cccs4)o3)ccc21. The van der Waals surface area contributed by atoms with Gasteiger partial charge in [0.25, 0.3) is 5.89 Å². The van der Waals surface area contributed by atoms with E-state index >= 15 is 0 Å². The molecule has 1 aliphatic heterocycles. The van der Waals surface area contributed by atoms with Crippen molar-refractivity contribution < 1.29 is 14.3 Å². The number of carbonyl (C=O) groups is 1. The minimum Gasteiger partial charge on any atom is -0.477 e. The summed E-state index contributed by atoms with van der Waals surface area (Å²) in [6.45, 7) is 3.10. The molecule has 0 radical (unpaired) electrons. The summed E-state index contributed by atoms with van der Waals surface area (Å²) in [5.74, 6) is -0.264. The minimum atomic E-state index is -1.23. The Morgan fingerprint density at radius 1 is 1.03 bits per heavy atom. The van der Waals surface area contributed by atoms with Crippen molar-refractivity contribution in [3.63, 3.8) is 0 Å². The van der Waals surface area contributed by atoms with Gasteiger partial charge in [-0.15, -0.1) is 21.5 Å². The lowest BCUT2D eigenvalue weighted by Gasteiger charge is -2.33. The predicted molar refractivity (Wildman–Crippen MR) is 155 cm³/mol. The average molecular weight is 557 g/mol. The molecule has 0 spiro atoms. The largest absolute Gasteiger partial charge is 0.477 e. The number of thiophene rings is 1. The van der Waals surface area contributed by atoms with Gasteiger partial charge in [0, 0.05) is 21.9 Å². The van der Waals surface area contributed by atoms with Gasteiger partial charge in [0.05, 0.1) is 16.3 Å². The number of hydrogen-bond donors (Lipinski definition) is 1. The van der Waals surface area contributed by atoms with E-state index in [1.54, 1.807) is 29.2 Å². The van der Waals surface area contributed by atoms with Crippen LogP contribution in [0.5, 0.6) is 0 Å². The van der Waals surface area contributed by atoms with Crippen molar-refractivity contribution in [3.05, 3.63) is 65.0 Å². The van der Waals surface area contributed by atoms with Crippen LogP contribution in [0.15, 0.2) is 73.7 Å². The summed E-state index contributed by atoms with van der Waals surface area (Å²) in [5, 5.41) is 29.0. The first-order valence-electron chi connectivity index (χ1n) is 13.0. The standard InChI is InChI=1S/C30H28N4O3S2/c1-2-3-4-5-6-7-14-34-23-12-10-20(16-22(19-31)30(35)36)17-26(23)39-27-18-21(11-13-24(27)34)28-32-33-29(37-28)25-9-8-15-38-25/h8-13,15-18H,2-7,14H2,1H3,(H,35,36). The molecular formula is C30H28N4O3S2. The van der Waals surface area contributed by atoms with Crippen LogP contribution < -0.4 is 4.90 Å². The van der Waals surface area contributed by atoms with Gasteiger partial charge in [0.1, 0.15) is 11.6 Å². The summed E-state index contributed by atoms with van der Waals surface area (Å²) in [5.41, 5.74) is 3.43. The van der Waals surface area contributed by atoms with E-state index in [4.69, 9.17) is 4.42 Å². The van der Waals surface area contributed by atoms with Crippen LogP contribution in [0.3, 0.4) is 0 Å². The molecule has 1 aliphatic rings. The summed E-state index contributed by atoms with van der Waals surface area (Å²) in [6, 6.07) is 17.7. The van der Waals surface area contributed by atoms with E-state index < -0.39 is 5.97 Å². The number of aliphatic carboxylic acids is 1. The van der Waals surface area contributed by atoms with Gasteiger partial charge in [-0.05, 0) is 59.8 Å². The Morgan fingerprint density at radius 2 is 1.77 bits per heavy atom. The molecule has 3 heterocycles. The lowest BCUT2D eigenvalue weighted by molar-refractivity contribution is -0.132. The first-order chi connectivity index (χ1) is 19.1. The van der Waals surface area contributed by atoms with E-state index in [1.807, 2.05) is 41.8 Å².